The van der Waals surface area contributed by atoms with E-state index in [-0.39, 0.29) is 10.8 Å². The second-order valence-corrected chi connectivity index (χ2v) is 9.79. The van der Waals surface area contributed by atoms with Crippen LogP contribution in [0.15, 0.2) is 42.5 Å². The molecule has 0 saturated carbocycles. The third-order valence-electron chi connectivity index (χ3n) is 5.93. The number of halogens is 2. The normalized spacial score (nSPS) is 27.6. The second kappa shape index (κ2) is 6.44. The fourth-order valence-corrected chi connectivity index (χ4v) is 5.27. The van der Waals surface area contributed by atoms with Crippen LogP contribution in [0, 0.1) is 5.41 Å². The van der Waals surface area contributed by atoms with Crippen LogP contribution in [0.2, 0.25) is 10.0 Å². The predicted octanol–water partition coefficient (Wildman–Crippen LogP) is 5.85. The van der Waals surface area contributed by atoms with Gasteiger partial charge in [-0.1, -0.05) is 62.2 Å². The predicted molar refractivity (Wildman–Crippen MR) is 112 cm³/mol. The second-order valence-electron chi connectivity index (χ2n) is 8.92. The largest absolute Gasteiger partial charge is 0.384 e. The molecule has 26 heavy (non-hydrogen) atoms. The molecule has 0 amide bonds. The number of rotatable bonds is 2. The molecule has 0 aromatic heterocycles. The Morgan fingerprint density at radius 3 is 2.58 bits per heavy atom. The number of anilines is 1. The van der Waals surface area contributed by atoms with E-state index in [0.717, 1.165) is 29.6 Å². The molecule has 1 fully saturated rings. The maximum atomic E-state index is 6.33. The Morgan fingerprint density at radius 1 is 1.08 bits per heavy atom. The van der Waals surface area contributed by atoms with Gasteiger partial charge in [0.1, 0.15) is 0 Å². The molecule has 2 N–H and O–H groups in total. The van der Waals surface area contributed by atoms with Gasteiger partial charge in [-0.05, 0) is 47.2 Å². The van der Waals surface area contributed by atoms with Crippen molar-refractivity contribution in [3.8, 4) is 0 Å². The molecule has 0 radical (unpaired) electrons. The Balaban J connectivity index is 1.84. The van der Waals surface area contributed by atoms with E-state index in [1.807, 2.05) is 12.1 Å². The number of benzene rings is 2. The van der Waals surface area contributed by atoms with Gasteiger partial charge in [0.15, 0.2) is 0 Å². The fourth-order valence-electron chi connectivity index (χ4n) is 4.90. The van der Waals surface area contributed by atoms with Gasteiger partial charge < -0.3 is 10.6 Å². The molecule has 0 unspecified atom stereocenters. The summed E-state index contributed by atoms with van der Waals surface area (Å²) in [6, 6.07) is 15.1. The first-order valence-corrected chi connectivity index (χ1v) is 10.1. The zero-order valence-electron chi connectivity index (χ0n) is 15.6. The number of fused-ring (bicyclic) bond motifs is 2. The zero-order chi connectivity index (χ0) is 18.5. The van der Waals surface area contributed by atoms with Crippen molar-refractivity contribution >= 4 is 28.9 Å². The molecule has 4 rings (SSSR count). The van der Waals surface area contributed by atoms with E-state index in [0.29, 0.717) is 12.0 Å². The highest BCUT2D eigenvalue weighted by Crippen LogP contribution is 2.53. The molecule has 1 spiro atoms. The van der Waals surface area contributed by atoms with Crippen LogP contribution in [0.25, 0.3) is 0 Å². The summed E-state index contributed by atoms with van der Waals surface area (Å²) in [5.74, 6) is 0.378. The molecular weight excluding hydrogens is 363 g/mol. The van der Waals surface area contributed by atoms with Crippen molar-refractivity contribution in [1.29, 1.82) is 0 Å². The number of hydrogen-bond acceptors (Lipinski definition) is 2. The van der Waals surface area contributed by atoms with Gasteiger partial charge in [-0.3, -0.25) is 0 Å². The van der Waals surface area contributed by atoms with Crippen molar-refractivity contribution < 1.29 is 0 Å². The van der Waals surface area contributed by atoms with Crippen molar-refractivity contribution in [2.45, 2.75) is 44.6 Å². The lowest BCUT2D eigenvalue weighted by atomic mass is 9.64. The van der Waals surface area contributed by atoms with E-state index in [2.05, 4.69) is 61.7 Å². The van der Waals surface area contributed by atoms with Crippen LogP contribution in [0.1, 0.15) is 44.2 Å². The Labute approximate surface area is 166 Å². The molecule has 138 valence electrons. The van der Waals surface area contributed by atoms with Crippen molar-refractivity contribution in [2.24, 2.45) is 5.41 Å². The first-order chi connectivity index (χ1) is 12.3. The van der Waals surface area contributed by atoms with E-state index in [1.165, 1.54) is 16.8 Å². The van der Waals surface area contributed by atoms with Crippen LogP contribution >= 0.6 is 23.2 Å². The van der Waals surface area contributed by atoms with Gasteiger partial charge >= 0.3 is 0 Å². The molecule has 0 aliphatic carbocycles. The Kier molecular flexibility index (Phi) is 4.50. The zero-order valence-corrected chi connectivity index (χ0v) is 17.1. The molecule has 2 nitrogen and oxygen atoms in total. The van der Waals surface area contributed by atoms with Gasteiger partial charge in [-0.25, -0.2) is 0 Å². The first kappa shape index (κ1) is 18.2. The minimum absolute atomic E-state index is 0.0118. The quantitative estimate of drug-likeness (QED) is 0.673. The highest BCUT2D eigenvalue weighted by Gasteiger charge is 2.55. The van der Waals surface area contributed by atoms with E-state index >= 15 is 0 Å². The van der Waals surface area contributed by atoms with Gasteiger partial charge in [0.25, 0.3) is 0 Å². The van der Waals surface area contributed by atoms with Crippen LogP contribution < -0.4 is 10.6 Å². The summed E-state index contributed by atoms with van der Waals surface area (Å²) < 4.78 is 0. The van der Waals surface area contributed by atoms with Crippen molar-refractivity contribution in [1.82, 2.24) is 5.32 Å². The van der Waals surface area contributed by atoms with Crippen LogP contribution in [0.3, 0.4) is 0 Å². The lowest BCUT2D eigenvalue weighted by Gasteiger charge is -2.39. The summed E-state index contributed by atoms with van der Waals surface area (Å²) in [5.41, 5.74) is 4.13. The fraction of sp³-hybridized carbons (Fsp3) is 0.455. The summed E-state index contributed by atoms with van der Waals surface area (Å²) in [6.07, 6.45) is 1.12. The van der Waals surface area contributed by atoms with E-state index in [9.17, 15) is 0 Å². The molecule has 2 heterocycles. The van der Waals surface area contributed by atoms with E-state index in [4.69, 9.17) is 23.2 Å². The third-order valence-corrected chi connectivity index (χ3v) is 6.40. The minimum Gasteiger partial charge on any atom is -0.384 e. The summed E-state index contributed by atoms with van der Waals surface area (Å²) in [6.45, 7) is 8.85. The van der Waals surface area contributed by atoms with Crippen LogP contribution in [-0.4, -0.2) is 19.1 Å². The molecule has 2 aromatic rings. The van der Waals surface area contributed by atoms with E-state index < -0.39 is 0 Å². The maximum absolute atomic E-state index is 6.33. The highest BCUT2D eigenvalue weighted by molar-refractivity contribution is 6.31. The Morgan fingerprint density at radius 2 is 1.85 bits per heavy atom. The molecular formula is C22H26Cl2N2. The van der Waals surface area contributed by atoms with Gasteiger partial charge in [-0.2, -0.15) is 0 Å². The lowest BCUT2D eigenvalue weighted by Crippen LogP contribution is -2.46. The molecule has 1 saturated heterocycles. The van der Waals surface area contributed by atoms with Gasteiger partial charge in [0.05, 0.1) is 0 Å². The highest BCUT2D eigenvalue weighted by atomic mass is 35.5. The summed E-state index contributed by atoms with van der Waals surface area (Å²) in [4.78, 5) is 0. The van der Waals surface area contributed by atoms with Gasteiger partial charge in [-0.15, -0.1) is 0 Å². The van der Waals surface area contributed by atoms with Crippen molar-refractivity contribution in [3.05, 3.63) is 63.6 Å². The Hall–Kier alpha value is -1.22. The molecule has 4 heteroatoms. The van der Waals surface area contributed by atoms with Crippen molar-refractivity contribution in [2.75, 3.05) is 18.4 Å². The standard InChI is InChI=1S/C22H26Cl2N2/c1-21(2,3)11-20-22(13-26-19-10-16(24)7-8-17(19)22)18(12-25-20)14-5-4-6-15(23)9-14/h4-10,18,20,25-26H,11-13H2,1-3H3/t18-,20+,22-/m1/s1. The minimum atomic E-state index is 0.0118. The topological polar surface area (TPSA) is 24.1 Å². The van der Waals surface area contributed by atoms with Crippen molar-refractivity contribution in [3.63, 3.8) is 0 Å². The molecule has 2 aliphatic heterocycles. The average molecular weight is 389 g/mol. The smallest absolute Gasteiger partial charge is 0.0426 e. The SMILES string of the molecule is CC(C)(C)C[C@@H]1NC[C@H](c2cccc(Cl)c2)[C@]12CNc1cc(Cl)ccc12. The Bertz CT molecular complexity index is 827. The molecule has 2 aromatic carbocycles. The summed E-state index contributed by atoms with van der Waals surface area (Å²) >= 11 is 12.6. The van der Waals surface area contributed by atoms with Crippen LogP contribution in [-0.2, 0) is 5.41 Å². The maximum Gasteiger partial charge on any atom is 0.0426 e. The summed E-state index contributed by atoms with van der Waals surface area (Å²) in [5, 5.41) is 9.09. The number of hydrogen-bond donors (Lipinski definition) is 2. The average Bonchev–Trinajstić information content (AvgIpc) is 3.09. The first-order valence-electron chi connectivity index (χ1n) is 9.32. The summed E-state index contributed by atoms with van der Waals surface area (Å²) in [7, 11) is 0. The third kappa shape index (κ3) is 3.02. The van der Waals surface area contributed by atoms with E-state index in [1.54, 1.807) is 0 Å². The lowest BCUT2D eigenvalue weighted by molar-refractivity contribution is 0.260. The molecule has 0 bridgehead atoms. The molecule has 2 aliphatic rings. The monoisotopic (exact) mass is 388 g/mol. The van der Waals surface area contributed by atoms with Gasteiger partial charge in [0, 0.05) is 46.2 Å². The van der Waals surface area contributed by atoms with Crippen LogP contribution in [0.4, 0.5) is 5.69 Å². The molecule has 3 atom stereocenters. The number of nitrogens with one attached hydrogen (secondary N) is 2. The van der Waals surface area contributed by atoms with Crippen LogP contribution in [0.5, 0.6) is 0 Å². The van der Waals surface area contributed by atoms with Gasteiger partial charge in [0.2, 0.25) is 0 Å².